The van der Waals surface area contributed by atoms with E-state index in [1.165, 1.54) is 9.67 Å². The Kier molecular flexibility index (Phi) is 3.67. The lowest BCUT2D eigenvalue weighted by atomic mass is 10.2. The Morgan fingerprint density at radius 2 is 2.04 bits per heavy atom. The number of nitrogens with zero attached hydrogens (tertiary/aromatic N) is 4. The fourth-order valence-electron chi connectivity index (χ4n) is 2.98. The highest BCUT2D eigenvalue weighted by Gasteiger charge is 2.32. The van der Waals surface area contributed by atoms with Crippen LogP contribution in [-0.4, -0.2) is 32.3 Å². The van der Waals surface area contributed by atoms with E-state index in [1.807, 2.05) is 41.3 Å². The smallest absolute Gasteiger partial charge is 0.276 e. The van der Waals surface area contributed by atoms with Crippen molar-refractivity contribution in [3.63, 3.8) is 0 Å². The van der Waals surface area contributed by atoms with Crippen LogP contribution in [0.25, 0.3) is 5.69 Å². The van der Waals surface area contributed by atoms with Gasteiger partial charge in [0.1, 0.15) is 0 Å². The highest BCUT2D eigenvalue weighted by molar-refractivity contribution is 7.10. The third kappa shape index (κ3) is 2.66. The fraction of sp³-hybridized carbons (Fsp3) is 0.235. The van der Waals surface area contributed by atoms with Crippen LogP contribution < -0.4 is 0 Å². The first-order valence-corrected chi connectivity index (χ1v) is 8.53. The molecule has 4 rings (SSSR count). The molecule has 0 unspecified atom stereocenters. The van der Waals surface area contributed by atoms with Crippen molar-refractivity contribution in [1.82, 2.24) is 19.9 Å². The van der Waals surface area contributed by atoms with Crippen molar-refractivity contribution in [3.05, 3.63) is 64.6 Å². The van der Waals surface area contributed by atoms with Gasteiger partial charge in [-0.05, 0) is 36.4 Å². The van der Waals surface area contributed by atoms with E-state index in [2.05, 4.69) is 21.6 Å². The number of carbonyl (C=O) groups excluding carboxylic acids is 1. The standard InChI is InChI=1S/C17H16N4OS/c22-17(20-10-4-8-15(20)16-9-5-11-23-16)14-12-18-21(19-14)13-6-2-1-3-7-13/h1-3,5-7,9,11-12,15H,4,8,10H2/t15-/m1/s1. The van der Waals surface area contributed by atoms with Gasteiger partial charge in [0.2, 0.25) is 0 Å². The first kappa shape index (κ1) is 14.1. The van der Waals surface area contributed by atoms with E-state index in [1.54, 1.807) is 17.5 Å². The molecule has 0 radical (unpaired) electrons. The molecule has 3 heterocycles. The van der Waals surface area contributed by atoms with Crippen molar-refractivity contribution in [2.45, 2.75) is 18.9 Å². The van der Waals surface area contributed by atoms with Gasteiger partial charge in [0.05, 0.1) is 17.9 Å². The summed E-state index contributed by atoms with van der Waals surface area (Å²) in [6.07, 6.45) is 3.60. The van der Waals surface area contributed by atoms with Gasteiger partial charge in [0.15, 0.2) is 5.69 Å². The molecule has 23 heavy (non-hydrogen) atoms. The summed E-state index contributed by atoms with van der Waals surface area (Å²) in [6.45, 7) is 0.777. The molecule has 0 saturated carbocycles. The van der Waals surface area contributed by atoms with Gasteiger partial charge in [-0.15, -0.1) is 16.4 Å². The molecule has 5 nitrogen and oxygen atoms in total. The molecule has 2 aromatic heterocycles. The zero-order chi connectivity index (χ0) is 15.6. The lowest BCUT2D eigenvalue weighted by Crippen LogP contribution is -2.30. The molecule has 1 fully saturated rings. The molecular weight excluding hydrogens is 308 g/mol. The number of rotatable bonds is 3. The summed E-state index contributed by atoms with van der Waals surface area (Å²) in [4.78, 5) is 17.5. The second-order valence-electron chi connectivity index (χ2n) is 5.53. The Bertz CT molecular complexity index is 797. The molecule has 1 amide bonds. The van der Waals surface area contributed by atoms with Crippen LogP contribution in [0.3, 0.4) is 0 Å². The number of para-hydroxylation sites is 1. The van der Waals surface area contributed by atoms with Gasteiger partial charge in [-0.3, -0.25) is 4.79 Å². The molecule has 0 spiro atoms. The minimum atomic E-state index is -0.0388. The SMILES string of the molecule is O=C(c1cnn(-c2ccccc2)n1)N1CCC[C@@H]1c1cccs1. The number of amides is 1. The molecule has 116 valence electrons. The van der Waals surface area contributed by atoms with E-state index in [-0.39, 0.29) is 11.9 Å². The van der Waals surface area contributed by atoms with Crippen molar-refractivity contribution in [2.75, 3.05) is 6.54 Å². The molecule has 6 heteroatoms. The van der Waals surface area contributed by atoms with Crippen LogP contribution in [0.15, 0.2) is 54.0 Å². The van der Waals surface area contributed by atoms with E-state index in [9.17, 15) is 4.79 Å². The minimum Gasteiger partial charge on any atom is -0.329 e. The predicted molar refractivity (Wildman–Crippen MR) is 88.7 cm³/mol. The summed E-state index contributed by atoms with van der Waals surface area (Å²) in [5.74, 6) is -0.0388. The molecule has 1 aliphatic heterocycles. The fourth-order valence-corrected chi connectivity index (χ4v) is 3.85. The largest absolute Gasteiger partial charge is 0.329 e. The van der Waals surface area contributed by atoms with Gasteiger partial charge in [-0.1, -0.05) is 24.3 Å². The van der Waals surface area contributed by atoms with E-state index < -0.39 is 0 Å². The van der Waals surface area contributed by atoms with Gasteiger partial charge >= 0.3 is 0 Å². The monoisotopic (exact) mass is 324 g/mol. The van der Waals surface area contributed by atoms with Crippen molar-refractivity contribution in [1.29, 1.82) is 0 Å². The summed E-state index contributed by atoms with van der Waals surface area (Å²) < 4.78 is 0. The van der Waals surface area contributed by atoms with Gasteiger partial charge < -0.3 is 4.90 Å². The first-order chi connectivity index (χ1) is 11.3. The van der Waals surface area contributed by atoms with Crippen LogP contribution in [0.5, 0.6) is 0 Å². The Morgan fingerprint density at radius 1 is 1.17 bits per heavy atom. The second-order valence-corrected chi connectivity index (χ2v) is 6.51. The Hall–Kier alpha value is -2.47. The van der Waals surface area contributed by atoms with Crippen molar-refractivity contribution in [3.8, 4) is 5.69 Å². The van der Waals surface area contributed by atoms with Crippen molar-refractivity contribution in [2.24, 2.45) is 0 Å². The van der Waals surface area contributed by atoms with Crippen LogP contribution in [0.4, 0.5) is 0 Å². The number of aromatic nitrogens is 3. The van der Waals surface area contributed by atoms with Gasteiger partial charge in [-0.2, -0.15) is 9.90 Å². The first-order valence-electron chi connectivity index (χ1n) is 7.65. The maximum absolute atomic E-state index is 12.8. The lowest BCUT2D eigenvalue weighted by molar-refractivity contribution is 0.0731. The summed E-state index contributed by atoms with van der Waals surface area (Å²) in [5, 5.41) is 10.6. The van der Waals surface area contributed by atoms with E-state index in [4.69, 9.17) is 0 Å². The average Bonchev–Trinajstić information content (AvgIpc) is 3.34. The average molecular weight is 324 g/mol. The summed E-state index contributed by atoms with van der Waals surface area (Å²) in [7, 11) is 0. The van der Waals surface area contributed by atoms with Crippen LogP contribution in [0, 0.1) is 0 Å². The minimum absolute atomic E-state index is 0.0388. The third-order valence-corrected chi connectivity index (χ3v) is 5.06. The normalized spacial score (nSPS) is 17.6. The molecule has 1 aromatic carbocycles. The number of likely N-dealkylation sites (tertiary alicyclic amines) is 1. The number of hydrogen-bond donors (Lipinski definition) is 0. The predicted octanol–water partition coefficient (Wildman–Crippen LogP) is 3.31. The highest BCUT2D eigenvalue weighted by atomic mass is 32.1. The highest BCUT2D eigenvalue weighted by Crippen LogP contribution is 2.35. The topological polar surface area (TPSA) is 51.0 Å². The van der Waals surface area contributed by atoms with Crippen LogP contribution in [-0.2, 0) is 0 Å². The maximum Gasteiger partial charge on any atom is 0.276 e. The summed E-state index contributed by atoms with van der Waals surface area (Å²) in [5.41, 5.74) is 1.25. The molecule has 1 aliphatic rings. The number of thiophene rings is 1. The van der Waals surface area contributed by atoms with Crippen molar-refractivity contribution < 1.29 is 4.79 Å². The zero-order valence-electron chi connectivity index (χ0n) is 12.5. The number of carbonyl (C=O) groups is 1. The molecule has 1 atom stereocenters. The molecule has 3 aromatic rings. The van der Waals surface area contributed by atoms with E-state index in [0.29, 0.717) is 5.69 Å². The summed E-state index contributed by atoms with van der Waals surface area (Å²) in [6, 6.07) is 13.9. The second kappa shape index (κ2) is 5.96. The quantitative estimate of drug-likeness (QED) is 0.743. The van der Waals surface area contributed by atoms with E-state index in [0.717, 1.165) is 25.1 Å². The lowest BCUT2D eigenvalue weighted by Gasteiger charge is -2.22. The molecule has 0 bridgehead atoms. The van der Waals surface area contributed by atoms with Crippen LogP contribution >= 0.6 is 11.3 Å². The zero-order valence-corrected chi connectivity index (χ0v) is 13.3. The molecule has 1 saturated heterocycles. The van der Waals surface area contributed by atoms with Crippen molar-refractivity contribution >= 4 is 17.2 Å². The third-order valence-electron chi connectivity index (χ3n) is 4.08. The Balaban J connectivity index is 1.59. The molecular formula is C17H16N4OS. The van der Waals surface area contributed by atoms with Gasteiger partial charge in [0, 0.05) is 11.4 Å². The molecule has 0 aliphatic carbocycles. The number of benzene rings is 1. The maximum atomic E-state index is 12.8. The van der Waals surface area contributed by atoms with Crippen LogP contribution in [0.1, 0.15) is 34.2 Å². The van der Waals surface area contributed by atoms with Crippen LogP contribution in [0.2, 0.25) is 0 Å². The van der Waals surface area contributed by atoms with Gasteiger partial charge in [0.25, 0.3) is 5.91 Å². The van der Waals surface area contributed by atoms with Gasteiger partial charge in [-0.25, -0.2) is 0 Å². The molecule has 0 N–H and O–H groups in total. The number of hydrogen-bond acceptors (Lipinski definition) is 4. The Labute approximate surface area is 138 Å². The summed E-state index contributed by atoms with van der Waals surface area (Å²) >= 11 is 1.70. The Morgan fingerprint density at radius 3 is 2.83 bits per heavy atom. The van der Waals surface area contributed by atoms with E-state index >= 15 is 0 Å².